The molecule has 0 aromatic heterocycles. The van der Waals surface area contributed by atoms with Gasteiger partial charge in [-0.3, -0.25) is 4.79 Å². The molecule has 2 atom stereocenters. The van der Waals surface area contributed by atoms with Gasteiger partial charge >= 0.3 is 11.9 Å². The molecular formula is C13H11NO5. The zero-order valence-corrected chi connectivity index (χ0v) is 9.91. The van der Waals surface area contributed by atoms with Crippen LogP contribution in [0.3, 0.4) is 0 Å². The number of rotatable bonds is 1. The summed E-state index contributed by atoms with van der Waals surface area (Å²) in [5.74, 6) is -2.12. The van der Waals surface area contributed by atoms with Crippen LogP contribution in [0.25, 0.3) is 0 Å². The number of nitrogens with zero attached hydrogens (tertiary/aromatic N) is 1. The zero-order valence-electron chi connectivity index (χ0n) is 9.91. The van der Waals surface area contributed by atoms with Crippen molar-refractivity contribution in [1.82, 2.24) is 4.90 Å². The van der Waals surface area contributed by atoms with E-state index in [1.165, 1.54) is 0 Å². The van der Waals surface area contributed by atoms with Crippen LogP contribution in [0, 0.1) is 0 Å². The molecule has 0 saturated carbocycles. The molecule has 1 aromatic rings. The summed E-state index contributed by atoms with van der Waals surface area (Å²) >= 11 is 0. The molecule has 1 N–H and O–H groups in total. The summed E-state index contributed by atoms with van der Waals surface area (Å²) in [4.78, 5) is 36.4. The summed E-state index contributed by atoms with van der Waals surface area (Å²) in [6, 6.07) is 4.97. The van der Waals surface area contributed by atoms with E-state index in [1.807, 2.05) is 0 Å². The lowest BCUT2D eigenvalue weighted by Gasteiger charge is -2.41. The Bertz CT molecular complexity index is 582. The normalized spacial score (nSPS) is 25.4. The van der Waals surface area contributed by atoms with Crippen molar-refractivity contribution in [3.05, 3.63) is 35.4 Å². The number of hydrogen-bond donors (Lipinski definition) is 1. The number of carboxylic acids is 1. The highest BCUT2D eigenvalue weighted by Gasteiger charge is 2.47. The highest BCUT2D eigenvalue weighted by molar-refractivity contribution is 6.02. The first-order valence-corrected chi connectivity index (χ1v) is 5.89. The minimum Gasteiger partial charge on any atom is -0.480 e. The minimum absolute atomic E-state index is 0.293. The first kappa shape index (κ1) is 11.7. The highest BCUT2D eigenvalue weighted by Crippen LogP contribution is 2.28. The molecule has 6 nitrogen and oxygen atoms in total. The Kier molecular flexibility index (Phi) is 2.51. The third kappa shape index (κ3) is 1.68. The summed E-state index contributed by atoms with van der Waals surface area (Å²) in [5, 5.41) is 9.14. The molecule has 6 heteroatoms. The first-order chi connectivity index (χ1) is 9.09. The van der Waals surface area contributed by atoms with Gasteiger partial charge in [-0.1, -0.05) is 18.2 Å². The molecule has 1 amide bonds. The molecule has 98 valence electrons. The fraction of sp³-hybridized carbons (Fsp3) is 0.308. The standard InChI is InChI=1S/C13H11NO5/c15-11-8-4-2-1-3-7(8)5-9-13(18)19-6-10(12(16)17)14(9)11/h1-4,9-10H,5-6H2,(H,16,17)/t9-,10+/m1/s1. The van der Waals surface area contributed by atoms with E-state index < -0.39 is 29.9 Å². The van der Waals surface area contributed by atoms with Crippen LogP contribution < -0.4 is 0 Å². The maximum absolute atomic E-state index is 12.4. The number of morpholine rings is 1. The van der Waals surface area contributed by atoms with Crippen molar-refractivity contribution in [3.63, 3.8) is 0 Å². The fourth-order valence-electron chi connectivity index (χ4n) is 2.58. The number of carbonyl (C=O) groups excluding carboxylic acids is 2. The van der Waals surface area contributed by atoms with E-state index in [2.05, 4.69) is 0 Å². The smallest absolute Gasteiger partial charge is 0.330 e. The molecule has 0 radical (unpaired) electrons. The van der Waals surface area contributed by atoms with Crippen molar-refractivity contribution in [3.8, 4) is 0 Å². The van der Waals surface area contributed by atoms with Crippen LogP contribution in [-0.2, 0) is 20.7 Å². The second kappa shape index (κ2) is 4.08. The number of cyclic esters (lactones) is 1. The lowest BCUT2D eigenvalue weighted by Crippen LogP contribution is -2.62. The number of carbonyl (C=O) groups is 3. The van der Waals surface area contributed by atoms with Gasteiger partial charge in [-0.05, 0) is 11.6 Å². The Labute approximate surface area is 108 Å². The van der Waals surface area contributed by atoms with Gasteiger partial charge < -0.3 is 14.7 Å². The number of ether oxygens (including phenoxy) is 1. The lowest BCUT2D eigenvalue weighted by atomic mass is 9.91. The predicted molar refractivity (Wildman–Crippen MR) is 62.5 cm³/mol. The average molecular weight is 261 g/mol. The van der Waals surface area contributed by atoms with Crippen molar-refractivity contribution in [2.75, 3.05) is 6.61 Å². The van der Waals surface area contributed by atoms with Gasteiger partial charge in [0, 0.05) is 12.0 Å². The van der Waals surface area contributed by atoms with Gasteiger partial charge in [-0.2, -0.15) is 0 Å². The second-order valence-corrected chi connectivity index (χ2v) is 4.57. The van der Waals surface area contributed by atoms with Gasteiger partial charge in [-0.15, -0.1) is 0 Å². The highest BCUT2D eigenvalue weighted by atomic mass is 16.5. The van der Waals surface area contributed by atoms with E-state index in [4.69, 9.17) is 9.84 Å². The van der Waals surface area contributed by atoms with Crippen LogP contribution >= 0.6 is 0 Å². The van der Waals surface area contributed by atoms with Gasteiger partial charge in [0.15, 0.2) is 6.04 Å². The maximum atomic E-state index is 12.4. The second-order valence-electron chi connectivity index (χ2n) is 4.57. The molecule has 0 spiro atoms. The summed E-state index contributed by atoms with van der Waals surface area (Å²) in [6.45, 7) is -0.293. The van der Waals surface area contributed by atoms with Crippen LogP contribution in [0.1, 0.15) is 15.9 Å². The van der Waals surface area contributed by atoms with Crippen molar-refractivity contribution in [1.29, 1.82) is 0 Å². The molecule has 2 heterocycles. The molecule has 1 fully saturated rings. The number of carboxylic acid groups (broad SMARTS) is 1. The van der Waals surface area contributed by atoms with Gasteiger partial charge in [0.25, 0.3) is 5.91 Å². The van der Waals surface area contributed by atoms with Crippen molar-refractivity contribution in [2.24, 2.45) is 0 Å². The number of benzene rings is 1. The van der Waals surface area contributed by atoms with E-state index in [9.17, 15) is 14.4 Å². The molecule has 0 unspecified atom stereocenters. The Balaban J connectivity index is 2.08. The first-order valence-electron chi connectivity index (χ1n) is 5.89. The maximum Gasteiger partial charge on any atom is 0.330 e. The SMILES string of the molecule is O=C1OC[C@@H](C(=O)O)N2C(=O)c3ccccc3C[C@H]12. The third-order valence-corrected chi connectivity index (χ3v) is 3.51. The summed E-state index contributed by atoms with van der Waals surface area (Å²) < 4.78 is 4.87. The quantitative estimate of drug-likeness (QED) is 0.723. The lowest BCUT2D eigenvalue weighted by molar-refractivity contribution is -0.167. The van der Waals surface area contributed by atoms with Crippen molar-refractivity contribution in [2.45, 2.75) is 18.5 Å². The Hall–Kier alpha value is -2.37. The van der Waals surface area contributed by atoms with Gasteiger partial charge in [-0.25, -0.2) is 9.59 Å². The van der Waals surface area contributed by atoms with Gasteiger partial charge in [0.2, 0.25) is 0 Å². The monoisotopic (exact) mass is 261 g/mol. The minimum atomic E-state index is -1.16. The predicted octanol–water partition coefficient (Wildman–Crippen LogP) is 0.0635. The molecule has 19 heavy (non-hydrogen) atoms. The third-order valence-electron chi connectivity index (χ3n) is 3.51. The molecule has 1 aromatic carbocycles. The van der Waals surface area contributed by atoms with E-state index >= 15 is 0 Å². The van der Waals surface area contributed by atoms with Crippen LogP contribution in [0.5, 0.6) is 0 Å². The number of esters is 1. The Morgan fingerprint density at radius 2 is 2.05 bits per heavy atom. The zero-order chi connectivity index (χ0) is 13.6. The largest absolute Gasteiger partial charge is 0.480 e. The van der Waals surface area contributed by atoms with Crippen molar-refractivity contribution < 1.29 is 24.2 Å². The molecule has 0 aliphatic carbocycles. The molecule has 3 rings (SSSR count). The summed E-state index contributed by atoms with van der Waals surface area (Å²) in [7, 11) is 0. The van der Waals surface area contributed by atoms with Crippen LogP contribution in [0.2, 0.25) is 0 Å². The summed E-state index contributed by atoms with van der Waals surface area (Å²) in [5.41, 5.74) is 1.21. The van der Waals surface area contributed by atoms with Crippen molar-refractivity contribution >= 4 is 17.8 Å². The molecule has 0 bridgehead atoms. The van der Waals surface area contributed by atoms with Gasteiger partial charge in [0.05, 0.1) is 0 Å². The van der Waals surface area contributed by atoms with Gasteiger partial charge in [0.1, 0.15) is 12.6 Å². The number of hydrogen-bond acceptors (Lipinski definition) is 4. The number of aliphatic carboxylic acids is 1. The van der Waals surface area contributed by atoms with Crippen LogP contribution in [0.4, 0.5) is 0 Å². The molecule has 2 aliphatic heterocycles. The van der Waals surface area contributed by atoms with E-state index in [0.717, 1.165) is 10.5 Å². The number of amides is 1. The summed E-state index contributed by atoms with van der Waals surface area (Å²) in [6.07, 6.45) is 0.296. The fourth-order valence-corrected chi connectivity index (χ4v) is 2.58. The van der Waals surface area contributed by atoms with E-state index in [0.29, 0.717) is 12.0 Å². The molecule has 2 aliphatic rings. The Morgan fingerprint density at radius 3 is 2.79 bits per heavy atom. The molecule has 1 saturated heterocycles. The van der Waals surface area contributed by atoms with Crippen LogP contribution in [-0.4, -0.2) is 46.5 Å². The topological polar surface area (TPSA) is 83.9 Å². The van der Waals surface area contributed by atoms with E-state index in [1.54, 1.807) is 24.3 Å². The Morgan fingerprint density at radius 1 is 1.32 bits per heavy atom. The average Bonchev–Trinajstić information content (AvgIpc) is 2.40. The molecular weight excluding hydrogens is 250 g/mol. The number of fused-ring (bicyclic) bond motifs is 2. The van der Waals surface area contributed by atoms with E-state index in [-0.39, 0.29) is 6.61 Å². The van der Waals surface area contributed by atoms with Crippen LogP contribution in [0.15, 0.2) is 24.3 Å².